The molecule has 1 aromatic heterocycles. The quantitative estimate of drug-likeness (QED) is 0.674. The summed E-state index contributed by atoms with van der Waals surface area (Å²) in [5.74, 6) is -0.0554. The van der Waals surface area contributed by atoms with Crippen molar-refractivity contribution in [3.63, 3.8) is 0 Å². The SMILES string of the molecule is Cc1onc(-c2ccccc2)c1C(=O)NC[C@H](c1ccc(F)cc1)N1CCOCC1. The summed E-state index contributed by atoms with van der Waals surface area (Å²) in [6.45, 7) is 4.87. The van der Waals surface area contributed by atoms with Gasteiger partial charge in [0, 0.05) is 25.2 Å². The van der Waals surface area contributed by atoms with Crippen molar-refractivity contribution in [2.75, 3.05) is 32.8 Å². The van der Waals surface area contributed by atoms with Crippen LogP contribution in [0.4, 0.5) is 4.39 Å². The molecule has 0 radical (unpaired) electrons. The summed E-state index contributed by atoms with van der Waals surface area (Å²) in [5.41, 5.74) is 2.73. The Hall–Kier alpha value is -3.03. The second-order valence-electron chi connectivity index (χ2n) is 7.25. The van der Waals surface area contributed by atoms with Crippen molar-refractivity contribution in [2.45, 2.75) is 13.0 Å². The first kappa shape index (κ1) is 20.3. The van der Waals surface area contributed by atoms with Crippen LogP contribution in [0.25, 0.3) is 11.3 Å². The molecule has 6 nitrogen and oxygen atoms in total. The van der Waals surface area contributed by atoms with Gasteiger partial charge in [-0.15, -0.1) is 0 Å². The number of hydrogen-bond donors (Lipinski definition) is 1. The smallest absolute Gasteiger partial charge is 0.257 e. The highest BCUT2D eigenvalue weighted by atomic mass is 19.1. The van der Waals surface area contributed by atoms with Crippen molar-refractivity contribution in [1.29, 1.82) is 0 Å². The number of halogens is 1. The normalized spacial score (nSPS) is 15.7. The average molecular weight is 409 g/mol. The molecule has 0 spiro atoms. The van der Waals surface area contributed by atoms with Gasteiger partial charge < -0.3 is 14.6 Å². The molecule has 0 aliphatic carbocycles. The highest BCUT2D eigenvalue weighted by Gasteiger charge is 2.26. The summed E-state index contributed by atoms with van der Waals surface area (Å²) in [6.07, 6.45) is 0. The standard InChI is InChI=1S/C23H24FN3O3/c1-16-21(22(26-30-16)18-5-3-2-4-6-18)23(28)25-15-20(27-11-13-29-14-12-27)17-7-9-19(24)10-8-17/h2-10,20H,11-15H2,1H3,(H,25,28)/t20-/m1/s1. The van der Waals surface area contributed by atoms with Gasteiger partial charge >= 0.3 is 0 Å². The van der Waals surface area contributed by atoms with Crippen molar-refractivity contribution < 1.29 is 18.4 Å². The lowest BCUT2D eigenvalue weighted by Crippen LogP contribution is -2.43. The molecule has 0 unspecified atom stereocenters. The predicted molar refractivity (Wildman–Crippen MR) is 111 cm³/mol. The van der Waals surface area contributed by atoms with E-state index in [1.165, 1.54) is 12.1 Å². The summed E-state index contributed by atoms with van der Waals surface area (Å²) < 4.78 is 24.2. The Balaban J connectivity index is 1.55. The van der Waals surface area contributed by atoms with Gasteiger partial charge in [0.05, 0.1) is 19.3 Å². The Kier molecular flexibility index (Phi) is 6.21. The van der Waals surface area contributed by atoms with Crippen LogP contribution >= 0.6 is 0 Å². The van der Waals surface area contributed by atoms with Crippen molar-refractivity contribution in [3.8, 4) is 11.3 Å². The molecule has 2 aromatic carbocycles. The number of morpholine rings is 1. The first-order valence-electron chi connectivity index (χ1n) is 10.0. The molecule has 7 heteroatoms. The van der Waals surface area contributed by atoms with Crippen molar-refractivity contribution >= 4 is 5.91 Å². The molecule has 1 fully saturated rings. The Bertz CT molecular complexity index is 983. The number of nitrogens with zero attached hydrogens (tertiary/aromatic N) is 2. The van der Waals surface area contributed by atoms with Gasteiger partial charge in [0.25, 0.3) is 5.91 Å². The molecule has 1 aliphatic heterocycles. The molecule has 0 saturated carbocycles. The van der Waals surface area contributed by atoms with E-state index in [2.05, 4.69) is 15.4 Å². The van der Waals surface area contributed by atoms with Gasteiger partial charge in [-0.25, -0.2) is 4.39 Å². The first-order valence-corrected chi connectivity index (χ1v) is 10.0. The molecule has 1 saturated heterocycles. The molecule has 30 heavy (non-hydrogen) atoms. The fourth-order valence-corrected chi connectivity index (χ4v) is 3.74. The van der Waals surface area contributed by atoms with Crippen LogP contribution in [0.3, 0.4) is 0 Å². The summed E-state index contributed by atoms with van der Waals surface area (Å²) in [5, 5.41) is 7.12. The number of amides is 1. The van der Waals surface area contributed by atoms with Crippen molar-refractivity contribution in [3.05, 3.63) is 77.3 Å². The highest BCUT2D eigenvalue weighted by molar-refractivity contribution is 6.00. The van der Waals surface area contributed by atoms with E-state index in [9.17, 15) is 9.18 Å². The molecular weight excluding hydrogens is 385 g/mol. The number of carbonyl (C=O) groups is 1. The van der Waals surface area contributed by atoms with Crippen LogP contribution < -0.4 is 5.32 Å². The molecule has 1 aliphatic rings. The molecule has 1 atom stereocenters. The number of aryl methyl sites for hydroxylation is 1. The lowest BCUT2D eigenvalue weighted by Gasteiger charge is -2.35. The maximum Gasteiger partial charge on any atom is 0.257 e. The van der Waals surface area contributed by atoms with Gasteiger partial charge in [-0.3, -0.25) is 9.69 Å². The fraction of sp³-hybridized carbons (Fsp3) is 0.304. The summed E-state index contributed by atoms with van der Waals surface area (Å²) in [4.78, 5) is 15.3. The first-order chi connectivity index (χ1) is 14.6. The Labute approximate surface area is 174 Å². The lowest BCUT2D eigenvalue weighted by atomic mass is 10.0. The van der Waals surface area contributed by atoms with Gasteiger partial charge in [0.2, 0.25) is 0 Å². The third-order valence-corrected chi connectivity index (χ3v) is 5.33. The van der Waals surface area contributed by atoms with Crippen LogP contribution in [-0.4, -0.2) is 48.8 Å². The monoisotopic (exact) mass is 409 g/mol. The maximum absolute atomic E-state index is 13.4. The second kappa shape index (κ2) is 9.19. The van der Waals surface area contributed by atoms with Gasteiger partial charge in [0.15, 0.2) is 0 Å². The molecule has 3 aromatic rings. The van der Waals surface area contributed by atoms with E-state index >= 15 is 0 Å². The average Bonchev–Trinajstić information content (AvgIpc) is 3.18. The number of hydrogen-bond acceptors (Lipinski definition) is 5. The second-order valence-corrected chi connectivity index (χ2v) is 7.25. The van der Waals surface area contributed by atoms with Crippen LogP contribution in [0, 0.1) is 12.7 Å². The summed E-state index contributed by atoms with van der Waals surface area (Å²) in [6, 6.07) is 15.8. The third-order valence-electron chi connectivity index (χ3n) is 5.33. The Morgan fingerprint density at radius 2 is 1.83 bits per heavy atom. The molecule has 156 valence electrons. The zero-order valence-corrected chi connectivity index (χ0v) is 16.8. The number of aromatic nitrogens is 1. The maximum atomic E-state index is 13.4. The highest BCUT2D eigenvalue weighted by Crippen LogP contribution is 2.26. The van der Waals surface area contributed by atoms with E-state index in [-0.39, 0.29) is 17.8 Å². The van der Waals surface area contributed by atoms with Crippen molar-refractivity contribution in [1.82, 2.24) is 15.4 Å². The van der Waals surface area contributed by atoms with Gasteiger partial charge in [-0.05, 0) is 24.6 Å². The molecule has 2 heterocycles. The predicted octanol–water partition coefficient (Wildman–Crippen LogP) is 3.59. The topological polar surface area (TPSA) is 67.6 Å². The van der Waals surface area contributed by atoms with Crippen LogP contribution in [0.2, 0.25) is 0 Å². The van der Waals surface area contributed by atoms with Gasteiger partial charge in [-0.2, -0.15) is 0 Å². The third kappa shape index (κ3) is 4.42. The lowest BCUT2D eigenvalue weighted by molar-refractivity contribution is 0.0162. The van der Waals surface area contributed by atoms with Crippen LogP contribution in [0.1, 0.15) is 27.7 Å². The number of benzene rings is 2. The minimum absolute atomic E-state index is 0.0845. The zero-order valence-electron chi connectivity index (χ0n) is 16.8. The van der Waals surface area contributed by atoms with Crippen LogP contribution in [0.15, 0.2) is 59.1 Å². The van der Waals surface area contributed by atoms with E-state index in [1.807, 2.05) is 30.3 Å². The minimum atomic E-state index is -0.281. The molecule has 0 bridgehead atoms. The largest absolute Gasteiger partial charge is 0.379 e. The number of ether oxygens (including phenoxy) is 1. The molecule has 1 N–H and O–H groups in total. The fourth-order valence-electron chi connectivity index (χ4n) is 3.74. The zero-order chi connectivity index (χ0) is 20.9. The van der Waals surface area contributed by atoms with Crippen molar-refractivity contribution in [2.24, 2.45) is 0 Å². The summed E-state index contributed by atoms with van der Waals surface area (Å²) in [7, 11) is 0. The number of rotatable bonds is 6. The van der Waals surface area contributed by atoms with E-state index < -0.39 is 0 Å². The molecule has 1 amide bonds. The van der Waals surface area contributed by atoms with E-state index in [0.29, 0.717) is 36.8 Å². The van der Waals surface area contributed by atoms with E-state index in [4.69, 9.17) is 9.26 Å². The number of nitrogens with one attached hydrogen (secondary N) is 1. The molecular formula is C23H24FN3O3. The van der Waals surface area contributed by atoms with Crippen LogP contribution in [-0.2, 0) is 4.74 Å². The van der Waals surface area contributed by atoms with Gasteiger partial charge in [-0.1, -0.05) is 47.6 Å². The number of carbonyl (C=O) groups excluding carboxylic acids is 1. The van der Waals surface area contributed by atoms with Crippen LogP contribution in [0.5, 0.6) is 0 Å². The minimum Gasteiger partial charge on any atom is -0.379 e. The van der Waals surface area contributed by atoms with Gasteiger partial charge in [0.1, 0.15) is 22.8 Å². The Morgan fingerprint density at radius 3 is 2.53 bits per heavy atom. The van der Waals surface area contributed by atoms with E-state index in [1.54, 1.807) is 19.1 Å². The summed E-state index contributed by atoms with van der Waals surface area (Å²) >= 11 is 0. The Morgan fingerprint density at radius 1 is 1.13 bits per heavy atom. The van der Waals surface area contributed by atoms with E-state index in [0.717, 1.165) is 24.2 Å². The molecule has 4 rings (SSSR count).